The number of anilines is 1. The van der Waals surface area contributed by atoms with Crippen molar-refractivity contribution in [3.63, 3.8) is 0 Å². The van der Waals surface area contributed by atoms with Crippen molar-refractivity contribution >= 4 is 17.5 Å². The van der Waals surface area contributed by atoms with E-state index in [-0.39, 0.29) is 17.4 Å². The average molecular weight is 316 g/mol. The number of aromatic nitrogens is 1. The molecule has 0 bridgehead atoms. The lowest BCUT2D eigenvalue weighted by atomic mass is 10.1. The molecule has 1 aliphatic heterocycles. The van der Waals surface area contributed by atoms with Crippen LogP contribution in [0.4, 0.5) is 5.69 Å². The van der Waals surface area contributed by atoms with E-state index in [4.69, 9.17) is 0 Å². The Morgan fingerprint density at radius 2 is 1.38 bits per heavy atom. The number of nitrogens with one attached hydrogen (secondary N) is 1. The van der Waals surface area contributed by atoms with Crippen LogP contribution in [0.25, 0.3) is 11.3 Å². The third-order valence-corrected chi connectivity index (χ3v) is 3.98. The van der Waals surface area contributed by atoms with Gasteiger partial charge in [0.15, 0.2) is 0 Å². The third kappa shape index (κ3) is 2.14. The second-order valence-electron chi connectivity index (χ2n) is 5.47. The molecule has 5 heteroatoms. The highest BCUT2D eigenvalue weighted by Crippen LogP contribution is 2.30. The lowest BCUT2D eigenvalue weighted by Gasteiger charge is -2.15. The van der Waals surface area contributed by atoms with E-state index in [2.05, 4.69) is 4.98 Å². The number of hydrogen-bond acceptors (Lipinski definition) is 3. The number of rotatable bonds is 2. The first-order chi connectivity index (χ1) is 11.6. The van der Waals surface area contributed by atoms with E-state index in [1.54, 1.807) is 54.6 Å². The molecule has 0 radical (unpaired) electrons. The molecule has 0 saturated carbocycles. The van der Waals surface area contributed by atoms with E-state index < -0.39 is 0 Å². The summed E-state index contributed by atoms with van der Waals surface area (Å²) in [5.74, 6) is -0.677. The van der Waals surface area contributed by atoms with Crippen LogP contribution in [-0.4, -0.2) is 16.8 Å². The van der Waals surface area contributed by atoms with Crippen molar-refractivity contribution in [3.8, 4) is 11.3 Å². The van der Waals surface area contributed by atoms with Gasteiger partial charge in [-0.15, -0.1) is 0 Å². The Morgan fingerprint density at radius 3 is 2.04 bits per heavy atom. The lowest BCUT2D eigenvalue weighted by molar-refractivity contribution is 0.0926. The molecule has 3 aromatic rings. The Labute approximate surface area is 137 Å². The van der Waals surface area contributed by atoms with Gasteiger partial charge in [-0.05, 0) is 30.3 Å². The molecule has 2 heterocycles. The fourth-order valence-corrected chi connectivity index (χ4v) is 2.85. The highest BCUT2D eigenvalue weighted by atomic mass is 16.2. The molecule has 1 aliphatic rings. The van der Waals surface area contributed by atoms with Crippen LogP contribution in [0.3, 0.4) is 0 Å². The maximum Gasteiger partial charge on any atom is 0.266 e. The van der Waals surface area contributed by atoms with Gasteiger partial charge in [0.2, 0.25) is 5.56 Å². The fourth-order valence-electron chi connectivity index (χ4n) is 2.85. The van der Waals surface area contributed by atoms with E-state index in [0.717, 1.165) is 10.5 Å². The SMILES string of the molecule is O=C1c2ccccc2C(=O)N1c1cccc(-c2cccc(=O)[nH]2)c1. The monoisotopic (exact) mass is 316 g/mol. The normalized spacial score (nSPS) is 13.2. The minimum atomic E-state index is -0.339. The molecule has 116 valence electrons. The van der Waals surface area contributed by atoms with E-state index in [1.165, 1.54) is 6.07 Å². The molecule has 0 saturated heterocycles. The predicted molar refractivity (Wildman–Crippen MR) is 90.1 cm³/mol. The Bertz CT molecular complexity index is 1000. The van der Waals surface area contributed by atoms with Crippen molar-refractivity contribution in [2.24, 2.45) is 0 Å². The van der Waals surface area contributed by atoms with Crippen LogP contribution in [0.2, 0.25) is 0 Å². The summed E-state index contributed by atoms with van der Waals surface area (Å²) < 4.78 is 0. The van der Waals surface area contributed by atoms with Gasteiger partial charge in [0.05, 0.1) is 16.8 Å². The minimum absolute atomic E-state index is 0.210. The van der Waals surface area contributed by atoms with Gasteiger partial charge in [-0.2, -0.15) is 0 Å². The van der Waals surface area contributed by atoms with E-state index in [0.29, 0.717) is 22.5 Å². The molecule has 0 atom stereocenters. The predicted octanol–water partition coefficient (Wildman–Crippen LogP) is 2.84. The van der Waals surface area contributed by atoms with Gasteiger partial charge in [-0.1, -0.05) is 30.3 Å². The number of nitrogens with zero attached hydrogens (tertiary/aromatic N) is 1. The summed E-state index contributed by atoms with van der Waals surface area (Å²) in [5, 5.41) is 0. The highest BCUT2D eigenvalue weighted by Gasteiger charge is 2.36. The van der Waals surface area contributed by atoms with Crippen LogP contribution in [0.15, 0.2) is 71.5 Å². The number of imide groups is 1. The summed E-state index contributed by atoms with van der Waals surface area (Å²) in [4.78, 5) is 40.5. The van der Waals surface area contributed by atoms with Crippen LogP contribution in [0.1, 0.15) is 20.7 Å². The second-order valence-corrected chi connectivity index (χ2v) is 5.47. The minimum Gasteiger partial charge on any atom is -0.322 e. The quantitative estimate of drug-likeness (QED) is 0.739. The topological polar surface area (TPSA) is 70.2 Å². The summed E-state index contributed by atoms with van der Waals surface area (Å²) in [7, 11) is 0. The Hall–Kier alpha value is -3.47. The van der Waals surface area contributed by atoms with Gasteiger partial charge >= 0.3 is 0 Å². The first kappa shape index (κ1) is 14.1. The standard InChI is InChI=1S/C19H12N2O3/c22-17-10-4-9-16(20-17)12-5-3-6-13(11-12)21-18(23)14-7-1-2-8-15(14)19(21)24/h1-11H,(H,20,22). The first-order valence-corrected chi connectivity index (χ1v) is 7.43. The number of pyridine rings is 1. The van der Waals surface area contributed by atoms with Gasteiger partial charge < -0.3 is 4.98 Å². The molecule has 1 aromatic heterocycles. The molecule has 1 N–H and O–H groups in total. The molecule has 5 nitrogen and oxygen atoms in total. The number of H-pyrrole nitrogens is 1. The third-order valence-electron chi connectivity index (χ3n) is 3.98. The van der Waals surface area contributed by atoms with Crippen LogP contribution in [0.5, 0.6) is 0 Å². The average Bonchev–Trinajstić information content (AvgIpc) is 2.86. The molecule has 0 aliphatic carbocycles. The van der Waals surface area contributed by atoms with Crippen molar-refractivity contribution in [2.75, 3.05) is 4.90 Å². The summed E-state index contributed by atoms with van der Waals surface area (Å²) >= 11 is 0. The zero-order valence-electron chi connectivity index (χ0n) is 12.5. The van der Waals surface area contributed by atoms with Crippen molar-refractivity contribution in [1.29, 1.82) is 0 Å². The van der Waals surface area contributed by atoms with Gasteiger partial charge in [0.1, 0.15) is 0 Å². The number of aromatic amines is 1. The summed E-state index contributed by atoms with van der Waals surface area (Å²) in [6, 6.07) is 18.6. The summed E-state index contributed by atoms with van der Waals surface area (Å²) in [5.41, 5.74) is 2.42. The van der Waals surface area contributed by atoms with E-state index >= 15 is 0 Å². The number of carbonyl (C=O) groups is 2. The van der Waals surface area contributed by atoms with Gasteiger partial charge in [-0.3, -0.25) is 14.4 Å². The molecule has 0 unspecified atom stereocenters. The van der Waals surface area contributed by atoms with E-state index in [1.807, 2.05) is 6.07 Å². The second kappa shape index (κ2) is 5.31. The van der Waals surface area contributed by atoms with Crippen LogP contribution < -0.4 is 10.5 Å². The molecular weight excluding hydrogens is 304 g/mol. The van der Waals surface area contributed by atoms with Crippen molar-refractivity contribution in [1.82, 2.24) is 4.98 Å². The van der Waals surface area contributed by atoms with Crippen LogP contribution in [0, 0.1) is 0 Å². The molecule has 4 rings (SSSR count). The summed E-state index contributed by atoms with van der Waals surface area (Å²) in [6.45, 7) is 0. The molecule has 2 aromatic carbocycles. The lowest BCUT2D eigenvalue weighted by Crippen LogP contribution is -2.29. The van der Waals surface area contributed by atoms with Crippen molar-refractivity contribution in [3.05, 3.63) is 88.2 Å². The zero-order valence-corrected chi connectivity index (χ0v) is 12.5. The maximum atomic E-state index is 12.6. The largest absolute Gasteiger partial charge is 0.322 e. The van der Waals surface area contributed by atoms with Crippen LogP contribution in [-0.2, 0) is 0 Å². The van der Waals surface area contributed by atoms with Crippen molar-refractivity contribution in [2.45, 2.75) is 0 Å². The van der Waals surface area contributed by atoms with Gasteiger partial charge in [0.25, 0.3) is 11.8 Å². The Balaban J connectivity index is 1.79. The van der Waals surface area contributed by atoms with Crippen molar-refractivity contribution < 1.29 is 9.59 Å². The number of hydrogen-bond donors (Lipinski definition) is 1. The van der Waals surface area contributed by atoms with Gasteiger partial charge in [0, 0.05) is 17.3 Å². The highest BCUT2D eigenvalue weighted by molar-refractivity contribution is 6.34. The molecular formula is C19H12N2O3. The number of benzene rings is 2. The molecule has 24 heavy (non-hydrogen) atoms. The molecule has 0 spiro atoms. The molecule has 2 amide bonds. The number of carbonyl (C=O) groups excluding carboxylic acids is 2. The van der Waals surface area contributed by atoms with E-state index in [9.17, 15) is 14.4 Å². The maximum absolute atomic E-state index is 12.6. The number of fused-ring (bicyclic) bond motifs is 1. The fraction of sp³-hybridized carbons (Fsp3) is 0. The molecule has 0 fully saturated rings. The van der Waals surface area contributed by atoms with Crippen LogP contribution >= 0.6 is 0 Å². The number of amides is 2. The van der Waals surface area contributed by atoms with Gasteiger partial charge in [-0.25, -0.2) is 4.90 Å². The Kier molecular flexibility index (Phi) is 3.13. The smallest absolute Gasteiger partial charge is 0.266 e. The Morgan fingerprint density at radius 1 is 0.708 bits per heavy atom. The zero-order chi connectivity index (χ0) is 16.7. The first-order valence-electron chi connectivity index (χ1n) is 7.43. The summed E-state index contributed by atoms with van der Waals surface area (Å²) in [6.07, 6.45) is 0.